The number of nitrogens with zero attached hydrogens (tertiary/aromatic N) is 3. The maximum absolute atomic E-state index is 13.1. The Bertz CT molecular complexity index is 1500. The highest BCUT2D eigenvalue weighted by Gasteiger charge is 2.36. The molecule has 0 bridgehead atoms. The molecule has 35 heavy (non-hydrogen) atoms. The number of nitro groups is 1. The van der Waals surface area contributed by atoms with E-state index < -0.39 is 16.1 Å². The second-order valence-corrected chi connectivity index (χ2v) is 9.36. The second-order valence-electron chi connectivity index (χ2n) is 8.37. The average molecular weight is 484 g/mol. The summed E-state index contributed by atoms with van der Waals surface area (Å²) < 4.78 is 2.13. The molecule has 1 saturated heterocycles. The molecule has 0 radical (unpaired) electrons. The predicted molar refractivity (Wildman–Crippen MR) is 137 cm³/mol. The molecule has 8 heteroatoms. The molecule has 4 aromatic rings. The van der Waals surface area contributed by atoms with Crippen LogP contribution in [0.1, 0.15) is 22.3 Å². The van der Waals surface area contributed by atoms with Crippen LogP contribution in [0.5, 0.6) is 0 Å². The van der Waals surface area contributed by atoms with Crippen LogP contribution in [-0.2, 0) is 17.9 Å². The number of aromatic nitrogens is 1. The Hall–Kier alpha value is -4.17. The summed E-state index contributed by atoms with van der Waals surface area (Å²) >= 11 is 0.853. The van der Waals surface area contributed by atoms with Gasteiger partial charge in [0.1, 0.15) is 0 Å². The van der Waals surface area contributed by atoms with Crippen molar-refractivity contribution in [2.75, 3.05) is 0 Å². The van der Waals surface area contributed by atoms with Crippen molar-refractivity contribution >= 4 is 45.6 Å². The lowest BCUT2D eigenvalue weighted by Crippen LogP contribution is -2.27. The van der Waals surface area contributed by atoms with E-state index in [-0.39, 0.29) is 12.2 Å². The van der Waals surface area contributed by atoms with Gasteiger partial charge >= 0.3 is 0 Å². The Morgan fingerprint density at radius 1 is 0.943 bits per heavy atom. The van der Waals surface area contributed by atoms with Gasteiger partial charge in [-0.25, -0.2) is 0 Å². The van der Waals surface area contributed by atoms with Crippen LogP contribution in [0.2, 0.25) is 0 Å². The standard InChI is InChI=1S/C27H21N3O4S/c1-18-10-12-19(13-11-18)15-28-16-21(22-7-3-5-9-24(22)28)14-25-26(31)29(27(32)35-25)17-20-6-2-4-8-23(20)30(33)34/h2-14,16H,15,17H2,1H3/b25-14-. The number of rotatable bonds is 6. The van der Waals surface area contributed by atoms with Crippen LogP contribution in [0.15, 0.2) is 83.9 Å². The molecule has 0 atom stereocenters. The molecular weight excluding hydrogens is 462 g/mol. The minimum Gasteiger partial charge on any atom is -0.342 e. The molecule has 0 aliphatic carbocycles. The number of benzene rings is 3. The molecule has 0 spiro atoms. The predicted octanol–water partition coefficient (Wildman–Crippen LogP) is 6.14. The van der Waals surface area contributed by atoms with Gasteiger partial charge in [-0.2, -0.15) is 0 Å². The van der Waals surface area contributed by atoms with E-state index in [9.17, 15) is 19.7 Å². The summed E-state index contributed by atoms with van der Waals surface area (Å²) in [6.07, 6.45) is 3.72. The molecule has 7 nitrogen and oxygen atoms in total. The fourth-order valence-electron chi connectivity index (χ4n) is 4.18. The minimum absolute atomic E-state index is 0.116. The SMILES string of the molecule is Cc1ccc(Cn2cc(/C=C3\SC(=O)N(Cc4ccccc4[N+](=O)[O-])C3=O)c3ccccc32)cc1. The zero-order valence-corrected chi connectivity index (χ0v) is 19.7. The van der Waals surface area contributed by atoms with Gasteiger partial charge in [-0.1, -0.05) is 66.2 Å². The molecule has 1 aliphatic heterocycles. The minimum atomic E-state index is -0.507. The van der Waals surface area contributed by atoms with Crippen molar-refractivity contribution in [1.82, 2.24) is 9.47 Å². The van der Waals surface area contributed by atoms with Crippen molar-refractivity contribution in [2.45, 2.75) is 20.0 Å². The van der Waals surface area contributed by atoms with E-state index in [0.29, 0.717) is 17.0 Å². The topological polar surface area (TPSA) is 85.4 Å². The third-order valence-electron chi connectivity index (χ3n) is 5.97. The number of imide groups is 1. The van der Waals surface area contributed by atoms with Crippen LogP contribution in [0.4, 0.5) is 10.5 Å². The van der Waals surface area contributed by atoms with Crippen molar-refractivity contribution in [2.24, 2.45) is 0 Å². The zero-order chi connectivity index (χ0) is 24.5. The Morgan fingerprint density at radius 3 is 2.43 bits per heavy atom. The van der Waals surface area contributed by atoms with Gasteiger partial charge in [0, 0.05) is 40.8 Å². The summed E-state index contributed by atoms with van der Waals surface area (Å²) in [4.78, 5) is 38.0. The van der Waals surface area contributed by atoms with Gasteiger partial charge in [0.2, 0.25) is 0 Å². The zero-order valence-electron chi connectivity index (χ0n) is 18.9. The maximum atomic E-state index is 13.1. The fourth-order valence-corrected chi connectivity index (χ4v) is 5.01. The van der Waals surface area contributed by atoms with Gasteiger partial charge in [0.25, 0.3) is 16.8 Å². The smallest absolute Gasteiger partial charge is 0.293 e. The summed E-state index contributed by atoms with van der Waals surface area (Å²) in [5.74, 6) is -0.450. The lowest BCUT2D eigenvalue weighted by atomic mass is 10.1. The first kappa shape index (κ1) is 22.6. The Kier molecular flexibility index (Phi) is 5.96. The number of para-hydroxylation sites is 2. The molecule has 174 valence electrons. The van der Waals surface area contributed by atoms with E-state index in [2.05, 4.69) is 35.8 Å². The van der Waals surface area contributed by atoms with Crippen molar-refractivity contribution < 1.29 is 14.5 Å². The van der Waals surface area contributed by atoms with Crippen LogP contribution >= 0.6 is 11.8 Å². The number of carbonyl (C=O) groups excluding carboxylic acids is 2. The molecule has 1 aliphatic rings. The number of hydrogen-bond acceptors (Lipinski definition) is 5. The summed E-state index contributed by atoms with van der Waals surface area (Å²) in [7, 11) is 0. The van der Waals surface area contributed by atoms with Crippen LogP contribution in [0.3, 0.4) is 0 Å². The number of aryl methyl sites for hydroxylation is 1. The third-order valence-corrected chi connectivity index (χ3v) is 6.88. The summed E-state index contributed by atoms with van der Waals surface area (Å²) in [6, 6.07) is 22.4. The monoisotopic (exact) mass is 483 g/mol. The van der Waals surface area contributed by atoms with Gasteiger partial charge in [-0.05, 0) is 36.4 Å². The molecule has 2 heterocycles. The summed E-state index contributed by atoms with van der Waals surface area (Å²) in [5.41, 5.74) is 4.42. The van der Waals surface area contributed by atoms with E-state index in [4.69, 9.17) is 0 Å². The van der Waals surface area contributed by atoms with Crippen molar-refractivity contribution in [3.05, 3.63) is 116 Å². The first-order chi connectivity index (χ1) is 16.9. The van der Waals surface area contributed by atoms with Gasteiger partial charge in [0.05, 0.1) is 16.4 Å². The fraction of sp³-hybridized carbons (Fsp3) is 0.111. The highest BCUT2D eigenvalue weighted by Crippen LogP contribution is 2.36. The molecule has 0 saturated carbocycles. The quantitative estimate of drug-likeness (QED) is 0.187. The largest absolute Gasteiger partial charge is 0.342 e. The van der Waals surface area contributed by atoms with Crippen LogP contribution in [0.25, 0.3) is 17.0 Å². The Morgan fingerprint density at radius 2 is 1.66 bits per heavy atom. The summed E-state index contributed by atoms with van der Waals surface area (Å²) in [6.45, 7) is 2.58. The van der Waals surface area contributed by atoms with Crippen LogP contribution in [-0.4, -0.2) is 25.5 Å². The Labute approximate surface area is 205 Å². The van der Waals surface area contributed by atoms with Gasteiger partial charge in [-0.15, -0.1) is 0 Å². The maximum Gasteiger partial charge on any atom is 0.293 e. The van der Waals surface area contributed by atoms with Crippen LogP contribution in [0, 0.1) is 17.0 Å². The lowest BCUT2D eigenvalue weighted by molar-refractivity contribution is -0.385. The first-order valence-electron chi connectivity index (χ1n) is 11.0. The molecule has 0 N–H and O–H groups in total. The number of nitro benzene ring substituents is 1. The van der Waals surface area contributed by atoms with Crippen molar-refractivity contribution in [3.63, 3.8) is 0 Å². The van der Waals surface area contributed by atoms with E-state index in [1.165, 1.54) is 11.6 Å². The first-order valence-corrected chi connectivity index (χ1v) is 11.8. The lowest BCUT2D eigenvalue weighted by Gasteiger charge is -2.12. The van der Waals surface area contributed by atoms with Crippen molar-refractivity contribution in [3.8, 4) is 0 Å². The van der Waals surface area contributed by atoms with Gasteiger partial charge in [0.15, 0.2) is 0 Å². The van der Waals surface area contributed by atoms with Crippen molar-refractivity contribution in [1.29, 1.82) is 0 Å². The number of amides is 2. The number of fused-ring (bicyclic) bond motifs is 1. The van der Waals surface area contributed by atoms with E-state index >= 15 is 0 Å². The number of carbonyl (C=O) groups is 2. The molecule has 3 aromatic carbocycles. The molecule has 0 unspecified atom stereocenters. The van der Waals surface area contributed by atoms with Gasteiger partial charge < -0.3 is 4.57 Å². The Balaban J connectivity index is 1.46. The average Bonchev–Trinajstić information content (AvgIpc) is 3.33. The third kappa shape index (κ3) is 4.48. The van der Waals surface area contributed by atoms with Gasteiger partial charge in [-0.3, -0.25) is 24.6 Å². The second kappa shape index (κ2) is 9.23. The molecule has 1 fully saturated rings. The number of thioether (sulfide) groups is 1. The van der Waals surface area contributed by atoms with E-state index in [1.807, 2.05) is 30.5 Å². The normalized spacial score (nSPS) is 14.9. The molecule has 1 aromatic heterocycles. The molecular formula is C27H21N3O4S. The number of hydrogen-bond donors (Lipinski definition) is 0. The molecule has 5 rings (SSSR count). The summed E-state index contributed by atoms with van der Waals surface area (Å²) in [5, 5.41) is 11.9. The van der Waals surface area contributed by atoms with E-state index in [1.54, 1.807) is 24.3 Å². The highest BCUT2D eigenvalue weighted by atomic mass is 32.2. The van der Waals surface area contributed by atoms with E-state index in [0.717, 1.165) is 38.7 Å². The molecule has 2 amide bonds. The van der Waals surface area contributed by atoms with Crippen LogP contribution < -0.4 is 0 Å². The highest BCUT2D eigenvalue weighted by molar-refractivity contribution is 8.18.